The minimum Gasteiger partial charge on any atom is -0.494 e. The predicted octanol–water partition coefficient (Wildman–Crippen LogP) is 7.61. The van der Waals surface area contributed by atoms with Gasteiger partial charge < -0.3 is 19.5 Å². The molecule has 0 bridgehead atoms. The van der Waals surface area contributed by atoms with E-state index in [2.05, 4.69) is 12.2 Å². The number of amides is 1. The zero-order chi connectivity index (χ0) is 27.2. The lowest BCUT2D eigenvalue weighted by Gasteiger charge is -2.12. The Morgan fingerprint density at radius 1 is 0.921 bits per heavy atom. The lowest BCUT2D eigenvalue weighted by Crippen LogP contribution is -2.13. The SMILES string of the molecule is CCCCCCOc1ccc(OCCOc2ccc(Cl)cc2/C=C(\C#N)C(=O)Nc2cccc(C)c2)cc1. The number of halogens is 1. The fraction of sp³-hybridized carbons (Fsp3) is 0.290. The van der Waals surface area contributed by atoms with E-state index in [1.807, 2.05) is 55.5 Å². The molecular formula is C31H33ClN2O4. The number of hydrogen-bond donors (Lipinski definition) is 1. The number of ether oxygens (including phenoxy) is 3. The van der Waals surface area contributed by atoms with Crippen LogP contribution in [0.1, 0.15) is 43.7 Å². The molecule has 0 aliphatic rings. The molecule has 0 radical (unpaired) electrons. The summed E-state index contributed by atoms with van der Waals surface area (Å²) in [6.45, 7) is 5.40. The molecule has 7 heteroatoms. The number of nitrogens with one attached hydrogen (secondary N) is 1. The zero-order valence-electron chi connectivity index (χ0n) is 21.8. The van der Waals surface area contributed by atoms with Crippen molar-refractivity contribution in [3.63, 3.8) is 0 Å². The molecule has 0 fully saturated rings. The van der Waals surface area contributed by atoms with E-state index in [0.717, 1.165) is 17.7 Å². The lowest BCUT2D eigenvalue weighted by molar-refractivity contribution is -0.112. The summed E-state index contributed by atoms with van der Waals surface area (Å²) in [5, 5.41) is 12.8. The van der Waals surface area contributed by atoms with E-state index < -0.39 is 5.91 Å². The van der Waals surface area contributed by atoms with E-state index in [-0.39, 0.29) is 12.2 Å². The summed E-state index contributed by atoms with van der Waals surface area (Å²) in [4.78, 5) is 12.7. The Balaban J connectivity index is 1.54. The zero-order valence-corrected chi connectivity index (χ0v) is 22.6. The van der Waals surface area contributed by atoms with Crippen LogP contribution in [0, 0.1) is 18.3 Å². The summed E-state index contributed by atoms with van der Waals surface area (Å²) in [6.07, 6.45) is 6.14. The van der Waals surface area contributed by atoms with Crippen molar-refractivity contribution in [2.45, 2.75) is 39.5 Å². The van der Waals surface area contributed by atoms with E-state index in [4.69, 9.17) is 25.8 Å². The second-order valence-corrected chi connectivity index (χ2v) is 9.19. The second kappa shape index (κ2) is 15.3. The number of benzene rings is 3. The Bertz CT molecular complexity index is 1270. The normalized spacial score (nSPS) is 10.9. The second-order valence-electron chi connectivity index (χ2n) is 8.75. The largest absolute Gasteiger partial charge is 0.494 e. The highest BCUT2D eigenvalue weighted by Crippen LogP contribution is 2.26. The van der Waals surface area contributed by atoms with Crippen LogP contribution < -0.4 is 19.5 Å². The molecule has 0 saturated carbocycles. The van der Waals surface area contributed by atoms with Gasteiger partial charge >= 0.3 is 0 Å². The van der Waals surface area contributed by atoms with Gasteiger partial charge in [-0.25, -0.2) is 0 Å². The van der Waals surface area contributed by atoms with Gasteiger partial charge in [-0.1, -0.05) is 49.9 Å². The molecule has 6 nitrogen and oxygen atoms in total. The summed E-state index contributed by atoms with van der Waals surface area (Å²) in [5.41, 5.74) is 2.07. The van der Waals surface area contributed by atoms with Crippen molar-refractivity contribution < 1.29 is 19.0 Å². The molecule has 0 aliphatic carbocycles. The monoisotopic (exact) mass is 532 g/mol. The van der Waals surface area contributed by atoms with Crippen LogP contribution in [-0.2, 0) is 4.79 Å². The number of carbonyl (C=O) groups excluding carboxylic acids is 1. The van der Waals surface area contributed by atoms with E-state index in [9.17, 15) is 10.1 Å². The van der Waals surface area contributed by atoms with Crippen molar-refractivity contribution in [2.24, 2.45) is 0 Å². The molecule has 1 N–H and O–H groups in total. The molecular weight excluding hydrogens is 500 g/mol. The molecule has 1 amide bonds. The fourth-order valence-electron chi connectivity index (χ4n) is 3.65. The third kappa shape index (κ3) is 9.49. The van der Waals surface area contributed by atoms with Crippen molar-refractivity contribution in [1.82, 2.24) is 0 Å². The summed E-state index contributed by atoms with van der Waals surface area (Å²) < 4.78 is 17.4. The van der Waals surface area contributed by atoms with Crippen LogP contribution in [0.3, 0.4) is 0 Å². The minimum atomic E-state index is -0.513. The average molecular weight is 533 g/mol. The third-order valence-electron chi connectivity index (χ3n) is 5.61. The highest BCUT2D eigenvalue weighted by Gasteiger charge is 2.12. The van der Waals surface area contributed by atoms with E-state index >= 15 is 0 Å². The molecule has 0 aliphatic heterocycles. The standard InChI is InChI=1S/C31H33ClN2O4/c1-3-4-5-6-16-36-28-11-13-29(14-12-28)37-17-18-38-30-15-10-26(32)21-24(30)20-25(22-33)31(35)34-27-9-7-8-23(2)19-27/h7-15,19-21H,3-6,16-18H2,1-2H3,(H,34,35)/b25-20+. The van der Waals surface area contributed by atoms with Crippen LogP contribution in [0.2, 0.25) is 5.02 Å². The predicted molar refractivity (Wildman–Crippen MR) is 152 cm³/mol. The fourth-order valence-corrected chi connectivity index (χ4v) is 3.83. The molecule has 3 aromatic rings. The van der Waals surface area contributed by atoms with Crippen molar-refractivity contribution in [3.8, 4) is 23.3 Å². The highest BCUT2D eigenvalue weighted by atomic mass is 35.5. The molecule has 38 heavy (non-hydrogen) atoms. The quantitative estimate of drug-likeness (QED) is 0.131. The number of hydrogen-bond acceptors (Lipinski definition) is 5. The Morgan fingerprint density at radius 3 is 2.32 bits per heavy atom. The van der Waals surface area contributed by atoms with Crippen LogP contribution in [0.15, 0.2) is 72.3 Å². The molecule has 0 spiro atoms. The van der Waals surface area contributed by atoms with Gasteiger partial charge in [0, 0.05) is 16.3 Å². The van der Waals surface area contributed by atoms with Crippen molar-refractivity contribution in [1.29, 1.82) is 5.26 Å². The number of nitriles is 1. The van der Waals surface area contributed by atoms with E-state index in [1.54, 1.807) is 24.3 Å². The Morgan fingerprint density at radius 2 is 1.63 bits per heavy atom. The Labute approximate surface area is 229 Å². The van der Waals surface area contributed by atoms with E-state index in [0.29, 0.717) is 41.0 Å². The summed E-state index contributed by atoms with van der Waals surface area (Å²) in [6, 6.07) is 21.9. The topological polar surface area (TPSA) is 80.6 Å². The molecule has 0 atom stereocenters. The van der Waals surface area contributed by atoms with Gasteiger partial charge in [-0.2, -0.15) is 5.26 Å². The number of aryl methyl sites for hydroxylation is 1. The number of anilines is 1. The third-order valence-corrected chi connectivity index (χ3v) is 5.85. The summed E-state index contributed by atoms with van der Waals surface area (Å²) >= 11 is 6.18. The van der Waals surface area contributed by atoms with Crippen LogP contribution in [-0.4, -0.2) is 25.7 Å². The first-order valence-corrected chi connectivity index (χ1v) is 13.1. The number of carbonyl (C=O) groups is 1. The minimum absolute atomic E-state index is 0.0671. The van der Waals surface area contributed by atoms with Gasteiger partial charge in [-0.3, -0.25) is 4.79 Å². The van der Waals surface area contributed by atoms with Crippen LogP contribution in [0.25, 0.3) is 6.08 Å². The number of rotatable bonds is 14. The van der Waals surface area contributed by atoms with Crippen LogP contribution in [0.5, 0.6) is 17.2 Å². The summed E-state index contributed by atoms with van der Waals surface area (Å²) in [5.74, 6) is 1.51. The summed E-state index contributed by atoms with van der Waals surface area (Å²) in [7, 11) is 0. The van der Waals surface area contributed by atoms with Gasteiger partial charge in [-0.05, 0) is 79.6 Å². The average Bonchev–Trinajstić information content (AvgIpc) is 2.91. The van der Waals surface area contributed by atoms with Crippen molar-refractivity contribution >= 4 is 29.3 Å². The Hall–Kier alpha value is -3.95. The van der Waals surface area contributed by atoms with Gasteiger partial charge in [0.15, 0.2) is 0 Å². The number of unbranched alkanes of at least 4 members (excludes halogenated alkanes) is 3. The first-order valence-electron chi connectivity index (χ1n) is 12.8. The highest BCUT2D eigenvalue weighted by molar-refractivity contribution is 6.30. The lowest BCUT2D eigenvalue weighted by atomic mass is 10.1. The first-order chi connectivity index (χ1) is 18.5. The van der Waals surface area contributed by atoms with E-state index in [1.165, 1.54) is 25.3 Å². The molecule has 0 saturated heterocycles. The molecule has 0 unspecified atom stereocenters. The maximum atomic E-state index is 12.7. The van der Waals surface area contributed by atoms with Gasteiger partial charge in [0.25, 0.3) is 5.91 Å². The van der Waals surface area contributed by atoms with Gasteiger partial charge in [0.05, 0.1) is 6.61 Å². The van der Waals surface area contributed by atoms with Crippen LogP contribution >= 0.6 is 11.6 Å². The van der Waals surface area contributed by atoms with Crippen molar-refractivity contribution in [2.75, 3.05) is 25.1 Å². The molecule has 3 rings (SSSR count). The number of nitrogens with zero attached hydrogens (tertiary/aromatic N) is 1. The van der Waals surface area contributed by atoms with Gasteiger partial charge in [-0.15, -0.1) is 0 Å². The molecule has 0 aromatic heterocycles. The maximum Gasteiger partial charge on any atom is 0.266 e. The van der Waals surface area contributed by atoms with Gasteiger partial charge in [0.1, 0.15) is 42.1 Å². The molecule has 0 heterocycles. The first kappa shape index (κ1) is 28.6. The maximum absolute atomic E-state index is 12.7. The molecule has 198 valence electrons. The smallest absolute Gasteiger partial charge is 0.266 e. The van der Waals surface area contributed by atoms with Crippen LogP contribution in [0.4, 0.5) is 5.69 Å². The Kier molecular flexibility index (Phi) is 11.5. The molecule has 3 aromatic carbocycles. The van der Waals surface area contributed by atoms with Crippen molar-refractivity contribution in [3.05, 3.63) is 88.5 Å². The van der Waals surface area contributed by atoms with Gasteiger partial charge in [0.2, 0.25) is 0 Å².